The normalized spacial score (nSPS) is 16.8. The van der Waals surface area contributed by atoms with Gasteiger partial charge in [0.2, 0.25) is 11.8 Å². The van der Waals surface area contributed by atoms with E-state index in [1.54, 1.807) is 17.0 Å². The molecule has 0 radical (unpaired) electrons. The van der Waals surface area contributed by atoms with Crippen LogP contribution >= 0.6 is 0 Å². The minimum atomic E-state index is -0.290. The lowest BCUT2D eigenvalue weighted by Crippen LogP contribution is -2.44. The van der Waals surface area contributed by atoms with E-state index in [4.69, 9.17) is 0 Å². The highest BCUT2D eigenvalue weighted by molar-refractivity contribution is 6.04. The Bertz CT molecular complexity index is 824. The second kappa shape index (κ2) is 7.66. The van der Waals surface area contributed by atoms with E-state index in [1.807, 2.05) is 43.1 Å². The van der Waals surface area contributed by atoms with Crippen LogP contribution in [0.4, 0.5) is 15.8 Å². The lowest BCUT2D eigenvalue weighted by Gasteiger charge is -2.29. The number of hydrogen-bond acceptors (Lipinski definition) is 3. The zero-order chi connectivity index (χ0) is 18.7. The molecule has 0 spiro atoms. The zero-order valence-corrected chi connectivity index (χ0v) is 14.9. The lowest BCUT2D eigenvalue weighted by molar-refractivity contribution is -0.120. The van der Waals surface area contributed by atoms with E-state index < -0.39 is 0 Å². The van der Waals surface area contributed by atoms with Crippen molar-refractivity contribution in [1.29, 1.82) is 0 Å². The van der Waals surface area contributed by atoms with E-state index in [1.165, 1.54) is 12.1 Å². The Hall–Kier alpha value is -2.73. The van der Waals surface area contributed by atoms with E-state index in [0.717, 1.165) is 5.56 Å². The summed E-state index contributed by atoms with van der Waals surface area (Å²) in [5.41, 5.74) is 2.15. The maximum atomic E-state index is 13.3. The summed E-state index contributed by atoms with van der Waals surface area (Å²) in [4.78, 5) is 28.5. The fourth-order valence-corrected chi connectivity index (χ4v) is 3.28. The van der Waals surface area contributed by atoms with Crippen LogP contribution < -0.4 is 10.2 Å². The molecular formula is C20H22FN3O2. The van der Waals surface area contributed by atoms with Crippen molar-refractivity contribution >= 4 is 23.2 Å². The second-order valence-electron chi connectivity index (χ2n) is 6.68. The smallest absolute Gasteiger partial charge is 0.241 e. The minimum Gasteiger partial charge on any atom is -0.324 e. The number of anilines is 2. The monoisotopic (exact) mass is 355 g/mol. The summed E-state index contributed by atoms with van der Waals surface area (Å²) < 4.78 is 13.3. The molecule has 2 aromatic rings. The summed E-state index contributed by atoms with van der Waals surface area (Å²) in [6, 6.07) is 13.4. The maximum absolute atomic E-state index is 13.3. The highest BCUT2D eigenvalue weighted by atomic mass is 19.1. The summed E-state index contributed by atoms with van der Waals surface area (Å²) in [5.74, 6) is -0.490. The van der Waals surface area contributed by atoms with Gasteiger partial charge < -0.3 is 10.2 Å². The summed E-state index contributed by atoms with van der Waals surface area (Å²) in [6.07, 6.45) is 0.244. The van der Waals surface area contributed by atoms with Gasteiger partial charge in [0.25, 0.3) is 0 Å². The summed E-state index contributed by atoms with van der Waals surface area (Å²) in [6.45, 7) is 2.50. The highest BCUT2D eigenvalue weighted by Crippen LogP contribution is 2.31. The van der Waals surface area contributed by atoms with Crippen molar-refractivity contribution in [3.8, 4) is 0 Å². The number of benzene rings is 2. The number of likely N-dealkylation sites (N-methyl/N-ethyl adjacent to an activating group) is 1. The Morgan fingerprint density at radius 3 is 2.81 bits per heavy atom. The Morgan fingerprint density at radius 1 is 1.27 bits per heavy atom. The van der Waals surface area contributed by atoms with Crippen LogP contribution in [0.15, 0.2) is 48.5 Å². The number of nitrogens with zero attached hydrogens (tertiary/aromatic N) is 2. The topological polar surface area (TPSA) is 52.7 Å². The molecule has 2 amide bonds. The number of hydrogen-bond donors (Lipinski definition) is 1. The predicted octanol–water partition coefficient (Wildman–Crippen LogP) is 3.02. The van der Waals surface area contributed by atoms with Crippen LogP contribution in [0.25, 0.3) is 0 Å². The van der Waals surface area contributed by atoms with Crippen molar-refractivity contribution in [3.05, 3.63) is 59.9 Å². The third-order valence-corrected chi connectivity index (χ3v) is 4.37. The van der Waals surface area contributed by atoms with Crippen LogP contribution in [0, 0.1) is 5.82 Å². The summed E-state index contributed by atoms with van der Waals surface area (Å²) in [5, 5.41) is 2.85. The van der Waals surface area contributed by atoms with Crippen LogP contribution in [-0.2, 0) is 16.1 Å². The quantitative estimate of drug-likeness (QED) is 0.917. The van der Waals surface area contributed by atoms with Crippen LogP contribution in [0.5, 0.6) is 0 Å². The number of halogens is 1. The van der Waals surface area contributed by atoms with Gasteiger partial charge in [-0.3, -0.25) is 14.5 Å². The summed E-state index contributed by atoms with van der Waals surface area (Å²) >= 11 is 0. The molecule has 0 bridgehead atoms. The maximum Gasteiger partial charge on any atom is 0.241 e. The molecule has 0 aromatic heterocycles. The largest absolute Gasteiger partial charge is 0.324 e. The fourth-order valence-electron chi connectivity index (χ4n) is 3.28. The van der Waals surface area contributed by atoms with Crippen molar-refractivity contribution in [2.75, 3.05) is 23.8 Å². The van der Waals surface area contributed by atoms with Crippen molar-refractivity contribution in [3.63, 3.8) is 0 Å². The average Bonchev–Trinajstić information content (AvgIpc) is 2.68. The lowest BCUT2D eigenvalue weighted by atomic mass is 10.1. The van der Waals surface area contributed by atoms with Gasteiger partial charge in [0, 0.05) is 19.0 Å². The second-order valence-corrected chi connectivity index (χ2v) is 6.68. The number of carbonyl (C=O) groups is 2. The van der Waals surface area contributed by atoms with Gasteiger partial charge in [-0.1, -0.05) is 24.3 Å². The minimum absolute atomic E-state index is 0.0969. The molecule has 1 aliphatic heterocycles. The molecule has 0 saturated carbocycles. The third kappa shape index (κ3) is 4.08. The van der Waals surface area contributed by atoms with Gasteiger partial charge in [-0.2, -0.15) is 0 Å². The number of fused-ring (bicyclic) bond motifs is 1. The molecular weight excluding hydrogens is 333 g/mol. The van der Waals surface area contributed by atoms with Crippen molar-refractivity contribution in [1.82, 2.24) is 4.90 Å². The number of carbonyl (C=O) groups excluding carboxylic acids is 2. The van der Waals surface area contributed by atoms with Gasteiger partial charge in [-0.05, 0) is 43.8 Å². The Kier molecular flexibility index (Phi) is 5.32. The van der Waals surface area contributed by atoms with Crippen LogP contribution in [0.2, 0.25) is 0 Å². The molecule has 1 heterocycles. The Morgan fingerprint density at radius 2 is 2.04 bits per heavy atom. The molecule has 3 rings (SSSR count). The van der Waals surface area contributed by atoms with Crippen molar-refractivity contribution < 1.29 is 14.0 Å². The van der Waals surface area contributed by atoms with Gasteiger partial charge in [0.05, 0.1) is 17.9 Å². The first-order valence-electron chi connectivity index (χ1n) is 8.58. The number of amides is 2. The van der Waals surface area contributed by atoms with Crippen LogP contribution in [-0.4, -0.2) is 36.3 Å². The molecule has 5 nitrogen and oxygen atoms in total. The van der Waals surface area contributed by atoms with Gasteiger partial charge in [0.1, 0.15) is 5.82 Å². The Balaban J connectivity index is 1.76. The molecule has 0 fully saturated rings. The standard InChI is InChI=1S/C20H22FN3O2/c1-14-10-19(25)22-17-8-3-4-9-18(17)24(14)20(26)13-23(2)12-15-6-5-7-16(21)11-15/h3-9,11,14H,10,12-13H2,1-2H3,(H,22,25). The van der Waals surface area contributed by atoms with E-state index in [9.17, 15) is 14.0 Å². The van der Waals surface area contributed by atoms with E-state index in [2.05, 4.69) is 5.32 Å². The van der Waals surface area contributed by atoms with Gasteiger partial charge in [-0.25, -0.2) is 4.39 Å². The van der Waals surface area contributed by atoms with Gasteiger partial charge in [-0.15, -0.1) is 0 Å². The Labute approximate surface area is 152 Å². The first-order chi connectivity index (χ1) is 12.4. The SMILES string of the molecule is CC1CC(=O)Nc2ccccc2N1C(=O)CN(C)Cc1cccc(F)c1. The summed E-state index contributed by atoms with van der Waals surface area (Å²) in [7, 11) is 1.82. The highest BCUT2D eigenvalue weighted by Gasteiger charge is 2.29. The molecule has 2 aromatic carbocycles. The van der Waals surface area contributed by atoms with E-state index in [0.29, 0.717) is 17.9 Å². The first-order valence-corrected chi connectivity index (χ1v) is 8.58. The molecule has 0 saturated heterocycles. The van der Waals surface area contributed by atoms with Crippen LogP contribution in [0.1, 0.15) is 18.9 Å². The van der Waals surface area contributed by atoms with Crippen molar-refractivity contribution in [2.45, 2.75) is 25.9 Å². The molecule has 1 N–H and O–H groups in total. The fraction of sp³-hybridized carbons (Fsp3) is 0.300. The molecule has 26 heavy (non-hydrogen) atoms. The number of para-hydroxylation sites is 2. The molecule has 1 atom stereocenters. The van der Waals surface area contributed by atoms with Gasteiger partial charge in [0.15, 0.2) is 0 Å². The molecule has 0 aliphatic carbocycles. The van der Waals surface area contributed by atoms with Gasteiger partial charge >= 0.3 is 0 Å². The molecule has 1 unspecified atom stereocenters. The van der Waals surface area contributed by atoms with E-state index in [-0.39, 0.29) is 36.6 Å². The molecule has 6 heteroatoms. The average molecular weight is 355 g/mol. The molecule has 136 valence electrons. The number of nitrogens with one attached hydrogen (secondary N) is 1. The number of rotatable bonds is 4. The zero-order valence-electron chi connectivity index (χ0n) is 14.9. The third-order valence-electron chi connectivity index (χ3n) is 4.37. The van der Waals surface area contributed by atoms with E-state index >= 15 is 0 Å². The van der Waals surface area contributed by atoms with Crippen molar-refractivity contribution in [2.24, 2.45) is 0 Å². The van der Waals surface area contributed by atoms with Crippen LogP contribution in [0.3, 0.4) is 0 Å². The predicted molar refractivity (Wildman–Crippen MR) is 99.4 cm³/mol. The molecule has 1 aliphatic rings. The first kappa shape index (κ1) is 18.1.